The average Bonchev–Trinajstić information content (AvgIpc) is 1.60. The monoisotopic (exact) mass is 1110 g/mol. The molecule has 15 rings (SSSR count). The first-order chi connectivity index (χ1) is 39.7. The van der Waals surface area contributed by atoms with Gasteiger partial charge in [-0.25, -0.2) is 29.9 Å². The second-order valence-electron chi connectivity index (χ2n) is 27.1. The van der Waals surface area contributed by atoms with Crippen molar-refractivity contribution >= 4 is 100 Å². The summed E-state index contributed by atoms with van der Waals surface area (Å²) in [6, 6.07) is 49.9. The van der Waals surface area contributed by atoms with Gasteiger partial charge in [-0.2, -0.15) is 0 Å². The third kappa shape index (κ3) is 7.30. The van der Waals surface area contributed by atoms with Gasteiger partial charge in [0.1, 0.15) is 33.7 Å². The highest BCUT2D eigenvalue weighted by atomic mass is 16.3. The second kappa shape index (κ2) is 18.1. The highest BCUT2D eigenvalue weighted by molar-refractivity contribution is 6.16. The summed E-state index contributed by atoms with van der Waals surface area (Å²) < 4.78 is 12.9. The van der Waals surface area contributed by atoms with Crippen LogP contribution in [0.2, 0.25) is 0 Å². The van der Waals surface area contributed by atoms with Gasteiger partial charge in [0.05, 0.1) is 60.9 Å². The zero-order valence-electron chi connectivity index (χ0n) is 52.1. The predicted octanol–water partition coefficient (Wildman–Crippen LogP) is 17.8. The second-order valence-corrected chi connectivity index (χ2v) is 27.1. The first-order valence-electron chi connectivity index (χ1n) is 29.9. The summed E-state index contributed by atoms with van der Waals surface area (Å²) in [5, 5.41) is 6.53. The van der Waals surface area contributed by atoms with Crippen LogP contribution in [0.25, 0.3) is 99.2 Å². The summed E-state index contributed by atoms with van der Waals surface area (Å²) in [5.41, 5.74) is 8.05. The first-order valence-corrected chi connectivity index (χ1v) is 29.9. The minimum Gasteiger partial charge on any atom is -0.455 e. The summed E-state index contributed by atoms with van der Waals surface area (Å²) in [6.45, 7) is 40.6. The quantitative estimate of drug-likeness (QED) is 0.158. The fraction of sp³-hybridized carbons (Fsp3) is 0.361. The SMILES string of the molecule is CC.CC1(C)N=C2N(c3nc4ccc5c6ccccc6oc5c4nc3-c3ccccc3)C(C)(C)C(C)(C)N2C1(C)C.CC1(C)N=C2N(c3nc4ccc5ccccc5c4nc3-c3cccc4c3oc3ccccc34)C(C)(C)C(C)(C)N2C1(C)C. The maximum atomic E-state index is 6.57. The van der Waals surface area contributed by atoms with Gasteiger partial charge in [-0.15, -0.1) is 0 Å². The zero-order chi connectivity index (χ0) is 59.6. The van der Waals surface area contributed by atoms with Crippen LogP contribution in [0.15, 0.2) is 164 Å². The number of anilines is 2. The van der Waals surface area contributed by atoms with Crippen molar-refractivity contribution in [3.8, 4) is 22.5 Å². The molecule has 4 aliphatic heterocycles. The van der Waals surface area contributed by atoms with E-state index in [9.17, 15) is 0 Å². The van der Waals surface area contributed by atoms with Gasteiger partial charge in [0.2, 0.25) is 11.9 Å². The van der Waals surface area contributed by atoms with Gasteiger partial charge < -0.3 is 18.6 Å². The number of para-hydroxylation sites is 3. The Kier molecular flexibility index (Phi) is 11.8. The van der Waals surface area contributed by atoms with Crippen molar-refractivity contribution in [1.29, 1.82) is 0 Å². The van der Waals surface area contributed by atoms with Crippen molar-refractivity contribution in [3.63, 3.8) is 0 Å². The number of aromatic nitrogens is 4. The third-order valence-electron chi connectivity index (χ3n) is 20.7. The number of hydrogen-bond donors (Lipinski definition) is 0. The van der Waals surface area contributed by atoms with E-state index in [4.69, 9.17) is 38.8 Å². The molecule has 0 unspecified atom stereocenters. The van der Waals surface area contributed by atoms with Crippen LogP contribution in [0.1, 0.15) is 125 Å². The first kappa shape index (κ1) is 54.8. The minimum atomic E-state index is -0.366. The topological polar surface area (TPSA) is 116 Å². The Labute approximate surface area is 493 Å². The lowest BCUT2D eigenvalue weighted by Crippen LogP contribution is -2.63. The molecule has 8 heterocycles. The number of fused-ring (bicyclic) bond motifs is 13. The average molecular weight is 1120 g/mol. The lowest BCUT2D eigenvalue weighted by molar-refractivity contribution is 0.0528. The Hall–Kier alpha value is -8.38. The molecule has 4 aromatic heterocycles. The van der Waals surface area contributed by atoms with E-state index in [0.717, 1.165) is 123 Å². The molecule has 0 aliphatic carbocycles. The lowest BCUT2D eigenvalue weighted by atomic mass is 9.76. The normalized spacial score (nSPS) is 19.9. The van der Waals surface area contributed by atoms with Crippen LogP contribution >= 0.6 is 0 Å². The highest BCUT2D eigenvalue weighted by Gasteiger charge is 2.68. The minimum absolute atomic E-state index is 0.185. The number of nitrogens with zero attached hydrogens (tertiary/aromatic N) is 10. The van der Waals surface area contributed by atoms with Gasteiger partial charge in [-0.05, 0) is 153 Å². The summed E-state index contributed by atoms with van der Waals surface area (Å²) in [6.07, 6.45) is 0. The summed E-state index contributed by atoms with van der Waals surface area (Å²) in [7, 11) is 0. The van der Waals surface area contributed by atoms with E-state index in [1.54, 1.807) is 0 Å². The summed E-state index contributed by atoms with van der Waals surface area (Å²) in [4.78, 5) is 42.2. The number of guanidine groups is 2. The van der Waals surface area contributed by atoms with Crippen molar-refractivity contribution in [1.82, 2.24) is 29.7 Å². The van der Waals surface area contributed by atoms with E-state index in [1.807, 2.05) is 50.2 Å². The zero-order valence-corrected chi connectivity index (χ0v) is 52.1. The van der Waals surface area contributed by atoms with Crippen LogP contribution in [-0.2, 0) is 0 Å². The molecule has 2 saturated heterocycles. The molecule has 0 N–H and O–H groups in total. The molecule has 0 radical (unpaired) electrons. The van der Waals surface area contributed by atoms with Crippen LogP contribution in [0, 0.1) is 0 Å². The fourth-order valence-corrected chi connectivity index (χ4v) is 13.7. The van der Waals surface area contributed by atoms with E-state index in [2.05, 4.69) is 240 Å². The molecule has 84 heavy (non-hydrogen) atoms. The summed E-state index contributed by atoms with van der Waals surface area (Å²) >= 11 is 0. The molecule has 4 aliphatic rings. The van der Waals surface area contributed by atoms with Gasteiger partial charge in [-0.3, -0.25) is 9.80 Å². The molecular weight excluding hydrogens is 1040 g/mol. The molecule has 0 atom stereocenters. The van der Waals surface area contributed by atoms with E-state index in [1.165, 1.54) is 0 Å². The molecule has 2 fully saturated rings. The predicted molar refractivity (Wildman–Crippen MR) is 349 cm³/mol. The van der Waals surface area contributed by atoms with Gasteiger partial charge >= 0.3 is 0 Å². The fourth-order valence-electron chi connectivity index (χ4n) is 13.7. The number of hydrogen-bond acceptors (Lipinski definition) is 12. The van der Waals surface area contributed by atoms with Crippen LogP contribution in [0.3, 0.4) is 0 Å². The Bertz CT molecular complexity index is 4570. The molecule has 0 saturated carbocycles. The van der Waals surface area contributed by atoms with Crippen molar-refractivity contribution in [3.05, 3.63) is 146 Å². The Balaban J connectivity index is 0.000000153. The van der Waals surface area contributed by atoms with Crippen molar-refractivity contribution in [2.24, 2.45) is 9.98 Å². The van der Waals surface area contributed by atoms with Crippen LogP contribution in [0.4, 0.5) is 11.6 Å². The Morgan fingerprint density at radius 2 is 0.786 bits per heavy atom. The molecule has 7 aromatic carbocycles. The van der Waals surface area contributed by atoms with Crippen molar-refractivity contribution < 1.29 is 8.83 Å². The van der Waals surface area contributed by atoms with E-state index in [0.29, 0.717) is 0 Å². The molecular formula is C72H78N10O2. The van der Waals surface area contributed by atoms with Gasteiger partial charge in [-0.1, -0.05) is 123 Å². The van der Waals surface area contributed by atoms with Crippen LogP contribution in [0.5, 0.6) is 0 Å². The Morgan fingerprint density at radius 1 is 0.345 bits per heavy atom. The molecule has 12 heteroatoms. The van der Waals surface area contributed by atoms with Gasteiger partial charge in [0.25, 0.3) is 0 Å². The molecule has 12 nitrogen and oxygen atoms in total. The largest absolute Gasteiger partial charge is 0.455 e. The van der Waals surface area contributed by atoms with Crippen LogP contribution < -0.4 is 9.80 Å². The number of aliphatic imine (C=N–C) groups is 2. The van der Waals surface area contributed by atoms with Gasteiger partial charge in [0, 0.05) is 38.1 Å². The molecule has 11 aromatic rings. The molecule has 0 amide bonds. The molecule has 428 valence electrons. The summed E-state index contributed by atoms with van der Waals surface area (Å²) in [5.74, 6) is 3.51. The van der Waals surface area contributed by atoms with E-state index in [-0.39, 0.29) is 44.3 Å². The highest BCUT2D eigenvalue weighted by Crippen LogP contribution is 2.57. The van der Waals surface area contributed by atoms with Crippen molar-refractivity contribution in [2.45, 2.75) is 169 Å². The number of rotatable bonds is 4. The van der Waals surface area contributed by atoms with Crippen molar-refractivity contribution in [2.75, 3.05) is 9.80 Å². The molecule has 0 bridgehead atoms. The van der Waals surface area contributed by atoms with E-state index < -0.39 is 0 Å². The van der Waals surface area contributed by atoms with Gasteiger partial charge in [0.15, 0.2) is 17.2 Å². The lowest BCUT2D eigenvalue weighted by Gasteiger charge is -2.50. The smallest absolute Gasteiger partial charge is 0.204 e. The van der Waals surface area contributed by atoms with E-state index >= 15 is 0 Å². The molecule has 0 spiro atoms. The van der Waals surface area contributed by atoms with Crippen LogP contribution in [-0.4, -0.2) is 86.0 Å². The number of furan rings is 2. The maximum Gasteiger partial charge on any atom is 0.204 e. The Morgan fingerprint density at radius 3 is 1.36 bits per heavy atom. The maximum absolute atomic E-state index is 6.57. The third-order valence-corrected chi connectivity index (χ3v) is 20.7. The standard InChI is InChI=1S/C37H37N5O.C33H35N5O.C2H6/c1-34(2)35(3,4)42-33(40-34)41(36(5,6)37(42,7)8)32-30(39-29-23-15-10-9-14-22(23)20-21-27(29)38-32)26-18-13-17-25-24-16-11-12-19-28(24)43-31(25)26;1-30(2)31(3,4)38-29(36-30)37(32(5,6)33(38,7)8)28-25(20-14-10-9-11-15-20)35-26-23(34-28)19-18-22-21-16-12-13-17-24(21)39-27(22)26;1-2/h9-21H,1-8H3;9-19H,1-8H3;1-2H3. The number of benzene rings is 7.